The van der Waals surface area contributed by atoms with E-state index in [2.05, 4.69) is 29.8 Å². The molecule has 90 valence electrons. The van der Waals surface area contributed by atoms with Crippen LogP contribution in [0.1, 0.15) is 19.4 Å². The van der Waals surface area contributed by atoms with E-state index in [1.807, 2.05) is 24.3 Å². The summed E-state index contributed by atoms with van der Waals surface area (Å²) >= 11 is 3.42. The van der Waals surface area contributed by atoms with Crippen LogP contribution in [-0.4, -0.2) is 24.4 Å². The molecule has 0 spiro atoms. The Bertz CT molecular complexity index is 325. The fourth-order valence-electron chi connectivity index (χ4n) is 1.90. The topological polar surface area (TPSA) is 29.5 Å². The molecule has 1 rings (SSSR count). The average molecular weight is 287 g/mol. The van der Waals surface area contributed by atoms with Crippen LogP contribution in [0, 0.1) is 5.92 Å². The molecule has 0 bridgehead atoms. The van der Waals surface area contributed by atoms with E-state index in [0.717, 1.165) is 10.0 Å². The SMILES string of the molecule is COC(C(C)C)C(O)Cc1cccc(Br)c1. The van der Waals surface area contributed by atoms with E-state index in [1.165, 1.54) is 0 Å². The number of halogens is 1. The zero-order valence-electron chi connectivity index (χ0n) is 9.98. The van der Waals surface area contributed by atoms with Crippen LogP contribution in [-0.2, 0) is 11.2 Å². The van der Waals surface area contributed by atoms with Crippen molar-refractivity contribution in [2.75, 3.05) is 7.11 Å². The number of rotatable bonds is 5. The lowest BCUT2D eigenvalue weighted by atomic mass is 9.96. The summed E-state index contributed by atoms with van der Waals surface area (Å²) in [5, 5.41) is 10.1. The Hall–Kier alpha value is -0.380. The molecule has 2 nitrogen and oxygen atoms in total. The van der Waals surface area contributed by atoms with Crippen LogP contribution in [0.2, 0.25) is 0 Å². The minimum absolute atomic E-state index is 0.112. The maximum Gasteiger partial charge on any atom is 0.0856 e. The van der Waals surface area contributed by atoms with Gasteiger partial charge >= 0.3 is 0 Å². The van der Waals surface area contributed by atoms with Crippen molar-refractivity contribution >= 4 is 15.9 Å². The van der Waals surface area contributed by atoms with E-state index in [0.29, 0.717) is 12.3 Å². The number of aliphatic hydroxyl groups is 1. The summed E-state index contributed by atoms with van der Waals surface area (Å²) in [5.74, 6) is 0.312. The molecule has 1 aromatic rings. The molecule has 0 saturated carbocycles. The second-order valence-electron chi connectivity index (χ2n) is 4.35. The molecule has 0 radical (unpaired) electrons. The summed E-state index contributed by atoms with van der Waals surface area (Å²) in [7, 11) is 1.65. The van der Waals surface area contributed by atoms with Gasteiger partial charge in [0.1, 0.15) is 0 Å². The highest BCUT2D eigenvalue weighted by molar-refractivity contribution is 9.10. The molecule has 1 N–H and O–H groups in total. The smallest absolute Gasteiger partial charge is 0.0856 e. The van der Waals surface area contributed by atoms with Gasteiger partial charge in [0.25, 0.3) is 0 Å². The van der Waals surface area contributed by atoms with Crippen LogP contribution in [0.25, 0.3) is 0 Å². The summed E-state index contributed by atoms with van der Waals surface area (Å²) in [6, 6.07) is 7.99. The van der Waals surface area contributed by atoms with Gasteiger partial charge in [-0.25, -0.2) is 0 Å². The summed E-state index contributed by atoms with van der Waals surface area (Å²) in [4.78, 5) is 0. The Kier molecular flexibility index (Phi) is 5.46. The van der Waals surface area contributed by atoms with Crippen molar-refractivity contribution in [1.29, 1.82) is 0 Å². The largest absolute Gasteiger partial charge is 0.390 e. The number of hydrogen-bond acceptors (Lipinski definition) is 2. The van der Waals surface area contributed by atoms with Gasteiger partial charge in [-0.1, -0.05) is 41.9 Å². The van der Waals surface area contributed by atoms with E-state index >= 15 is 0 Å². The lowest BCUT2D eigenvalue weighted by Gasteiger charge is -2.25. The van der Waals surface area contributed by atoms with Crippen LogP contribution < -0.4 is 0 Å². The molecule has 16 heavy (non-hydrogen) atoms. The van der Waals surface area contributed by atoms with Crippen LogP contribution >= 0.6 is 15.9 Å². The van der Waals surface area contributed by atoms with Crippen molar-refractivity contribution < 1.29 is 9.84 Å². The van der Waals surface area contributed by atoms with Gasteiger partial charge in [0.05, 0.1) is 12.2 Å². The first-order valence-corrected chi connectivity index (χ1v) is 6.29. The third-order valence-electron chi connectivity index (χ3n) is 2.64. The molecule has 0 amide bonds. The van der Waals surface area contributed by atoms with Crippen LogP contribution in [0.15, 0.2) is 28.7 Å². The average Bonchev–Trinajstić information content (AvgIpc) is 2.17. The number of aliphatic hydroxyl groups excluding tert-OH is 1. The van der Waals surface area contributed by atoms with E-state index in [1.54, 1.807) is 7.11 Å². The highest BCUT2D eigenvalue weighted by atomic mass is 79.9. The van der Waals surface area contributed by atoms with Crippen LogP contribution in [0.3, 0.4) is 0 Å². The van der Waals surface area contributed by atoms with Gasteiger partial charge in [-0.3, -0.25) is 0 Å². The first kappa shape index (κ1) is 13.7. The van der Waals surface area contributed by atoms with E-state index in [9.17, 15) is 5.11 Å². The number of ether oxygens (including phenoxy) is 1. The Labute approximate surface area is 106 Å². The molecular formula is C13H19BrO2. The number of hydrogen-bond donors (Lipinski definition) is 1. The molecule has 1 aromatic carbocycles. The molecule has 0 aliphatic rings. The summed E-state index contributed by atoms with van der Waals surface area (Å²) in [6.45, 7) is 4.11. The lowest BCUT2D eigenvalue weighted by Crippen LogP contribution is -2.34. The van der Waals surface area contributed by atoms with Crippen molar-refractivity contribution in [3.05, 3.63) is 34.3 Å². The monoisotopic (exact) mass is 286 g/mol. The Morgan fingerprint density at radius 1 is 1.38 bits per heavy atom. The van der Waals surface area contributed by atoms with Crippen molar-refractivity contribution in [1.82, 2.24) is 0 Å². The molecule has 0 aliphatic heterocycles. The standard InChI is InChI=1S/C13H19BrO2/c1-9(2)13(16-3)12(15)8-10-5-4-6-11(14)7-10/h4-7,9,12-13,15H,8H2,1-3H3. The van der Waals surface area contributed by atoms with Crippen LogP contribution in [0.4, 0.5) is 0 Å². The zero-order chi connectivity index (χ0) is 12.1. The minimum Gasteiger partial charge on any atom is -0.390 e. The quantitative estimate of drug-likeness (QED) is 0.902. The van der Waals surface area contributed by atoms with Gasteiger partial charge in [-0.2, -0.15) is 0 Å². The molecule has 3 heteroatoms. The molecule has 0 aliphatic carbocycles. The third kappa shape index (κ3) is 3.89. The van der Waals surface area contributed by atoms with Crippen molar-refractivity contribution in [2.24, 2.45) is 5.92 Å². The highest BCUT2D eigenvalue weighted by Crippen LogP contribution is 2.17. The van der Waals surface area contributed by atoms with Gasteiger partial charge in [0.15, 0.2) is 0 Å². The molecule has 0 aromatic heterocycles. The Balaban J connectivity index is 2.66. The zero-order valence-corrected chi connectivity index (χ0v) is 11.6. The van der Waals surface area contributed by atoms with Gasteiger partial charge in [0.2, 0.25) is 0 Å². The van der Waals surface area contributed by atoms with Crippen molar-refractivity contribution in [3.8, 4) is 0 Å². The van der Waals surface area contributed by atoms with Crippen molar-refractivity contribution in [3.63, 3.8) is 0 Å². The van der Waals surface area contributed by atoms with E-state index in [-0.39, 0.29) is 6.10 Å². The summed E-state index contributed by atoms with van der Waals surface area (Å²) < 4.78 is 6.35. The summed E-state index contributed by atoms with van der Waals surface area (Å²) in [5.41, 5.74) is 1.12. The van der Waals surface area contributed by atoms with Gasteiger partial charge in [-0.05, 0) is 23.6 Å². The maximum absolute atomic E-state index is 10.1. The lowest BCUT2D eigenvalue weighted by molar-refractivity contribution is -0.0368. The van der Waals surface area contributed by atoms with Gasteiger partial charge in [0, 0.05) is 18.0 Å². The van der Waals surface area contributed by atoms with Crippen LogP contribution in [0.5, 0.6) is 0 Å². The van der Waals surface area contributed by atoms with Gasteiger partial charge in [-0.15, -0.1) is 0 Å². The second kappa shape index (κ2) is 6.38. The normalized spacial score (nSPS) is 15.1. The predicted molar refractivity (Wildman–Crippen MR) is 69.5 cm³/mol. The highest BCUT2D eigenvalue weighted by Gasteiger charge is 2.22. The molecule has 0 fully saturated rings. The third-order valence-corrected chi connectivity index (χ3v) is 3.14. The fourth-order valence-corrected chi connectivity index (χ4v) is 2.34. The Morgan fingerprint density at radius 3 is 2.56 bits per heavy atom. The fraction of sp³-hybridized carbons (Fsp3) is 0.538. The Morgan fingerprint density at radius 2 is 2.06 bits per heavy atom. The molecule has 2 atom stereocenters. The molecular weight excluding hydrogens is 268 g/mol. The summed E-state index contributed by atoms with van der Waals surface area (Å²) in [6.07, 6.45) is 0.0501. The number of benzene rings is 1. The first-order chi connectivity index (χ1) is 7.54. The van der Waals surface area contributed by atoms with E-state index in [4.69, 9.17) is 4.74 Å². The second-order valence-corrected chi connectivity index (χ2v) is 5.26. The molecule has 0 heterocycles. The van der Waals surface area contributed by atoms with Gasteiger partial charge < -0.3 is 9.84 Å². The predicted octanol–water partition coefficient (Wildman–Crippen LogP) is 3.02. The van der Waals surface area contributed by atoms with Crippen molar-refractivity contribution in [2.45, 2.75) is 32.5 Å². The van der Waals surface area contributed by atoms with E-state index < -0.39 is 6.10 Å². The molecule has 2 unspecified atom stereocenters. The number of methoxy groups -OCH3 is 1. The minimum atomic E-state index is -0.459. The molecule has 0 saturated heterocycles. The maximum atomic E-state index is 10.1. The first-order valence-electron chi connectivity index (χ1n) is 5.50.